The van der Waals surface area contributed by atoms with Gasteiger partial charge in [-0.3, -0.25) is 4.79 Å². The molecule has 0 N–H and O–H groups in total. The third-order valence-electron chi connectivity index (χ3n) is 2.55. The van der Waals surface area contributed by atoms with E-state index in [1.54, 1.807) is 30.4 Å². The van der Waals surface area contributed by atoms with Gasteiger partial charge in [0.15, 0.2) is 0 Å². The average Bonchev–Trinajstić information content (AvgIpc) is 2.95. The lowest BCUT2D eigenvalue weighted by molar-refractivity contribution is -0.139. The van der Waals surface area contributed by atoms with Gasteiger partial charge >= 0.3 is 5.97 Å². The highest BCUT2D eigenvalue weighted by molar-refractivity contribution is 7.99. The standard InChI is InChI=1S/C15H16ClNO3S2/c1-2-19-15(18)10-21-8-12-9-22-14(17-12)7-20-13-5-3-11(16)4-6-13/h3-6,9H,2,7-8,10H2,1H3. The molecule has 0 aliphatic heterocycles. The van der Waals surface area contributed by atoms with E-state index in [2.05, 4.69) is 4.98 Å². The largest absolute Gasteiger partial charge is 0.486 e. The van der Waals surface area contributed by atoms with E-state index in [9.17, 15) is 4.79 Å². The molecule has 0 aliphatic rings. The molecule has 0 aliphatic carbocycles. The zero-order valence-electron chi connectivity index (χ0n) is 12.1. The molecule has 4 nitrogen and oxygen atoms in total. The molecule has 0 unspecified atom stereocenters. The van der Waals surface area contributed by atoms with Crippen LogP contribution < -0.4 is 4.74 Å². The summed E-state index contributed by atoms with van der Waals surface area (Å²) in [6, 6.07) is 7.23. The van der Waals surface area contributed by atoms with Gasteiger partial charge in [0, 0.05) is 16.2 Å². The molecule has 1 aromatic heterocycles. The second-order valence-electron chi connectivity index (χ2n) is 4.27. The van der Waals surface area contributed by atoms with Gasteiger partial charge in [0.1, 0.15) is 17.4 Å². The minimum Gasteiger partial charge on any atom is -0.486 e. The van der Waals surface area contributed by atoms with E-state index in [1.807, 2.05) is 17.5 Å². The molecule has 0 spiro atoms. The van der Waals surface area contributed by atoms with E-state index < -0.39 is 0 Å². The maximum atomic E-state index is 11.2. The van der Waals surface area contributed by atoms with Gasteiger partial charge in [-0.05, 0) is 31.2 Å². The summed E-state index contributed by atoms with van der Waals surface area (Å²) >= 11 is 8.87. The third kappa shape index (κ3) is 5.87. The van der Waals surface area contributed by atoms with Crippen LogP contribution in [0, 0.1) is 0 Å². The van der Waals surface area contributed by atoms with Crippen molar-refractivity contribution in [2.24, 2.45) is 0 Å². The topological polar surface area (TPSA) is 48.4 Å². The van der Waals surface area contributed by atoms with Crippen LogP contribution in [0.5, 0.6) is 5.75 Å². The monoisotopic (exact) mass is 357 g/mol. The molecule has 2 rings (SSSR count). The van der Waals surface area contributed by atoms with Crippen molar-refractivity contribution in [2.75, 3.05) is 12.4 Å². The number of hydrogen-bond acceptors (Lipinski definition) is 6. The van der Waals surface area contributed by atoms with Crippen molar-refractivity contribution in [3.63, 3.8) is 0 Å². The lowest BCUT2D eigenvalue weighted by Gasteiger charge is -2.03. The van der Waals surface area contributed by atoms with Crippen LogP contribution in [-0.4, -0.2) is 23.3 Å². The van der Waals surface area contributed by atoms with Crippen LogP contribution in [0.3, 0.4) is 0 Å². The zero-order valence-corrected chi connectivity index (χ0v) is 14.5. The van der Waals surface area contributed by atoms with Gasteiger partial charge in [-0.25, -0.2) is 4.98 Å². The first kappa shape index (κ1) is 17.1. The summed E-state index contributed by atoms with van der Waals surface area (Å²) in [6.45, 7) is 2.65. The Bertz CT molecular complexity index is 601. The van der Waals surface area contributed by atoms with Gasteiger partial charge in [0.2, 0.25) is 0 Å². The first-order valence-corrected chi connectivity index (χ1v) is 9.13. The van der Waals surface area contributed by atoms with E-state index in [0.717, 1.165) is 16.5 Å². The summed E-state index contributed by atoms with van der Waals surface area (Å²) in [4.78, 5) is 15.7. The number of aromatic nitrogens is 1. The fourth-order valence-electron chi connectivity index (χ4n) is 1.60. The van der Waals surface area contributed by atoms with Crippen LogP contribution in [0.4, 0.5) is 0 Å². The number of thiazole rings is 1. The lowest BCUT2D eigenvalue weighted by atomic mass is 10.3. The summed E-state index contributed by atoms with van der Waals surface area (Å²) in [5.74, 6) is 1.62. The molecule has 2 aromatic rings. The maximum Gasteiger partial charge on any atom is 0.315 e. The molecule has 0 radical (unpaired) electrons. The predicted octanol–water partition coefficient (Wildman–Crippen LogP) is 4.17. The normalized spacial score (nSPS) is 10.5. The number of nitrogens with zero attached hydrogens (tertiary/aromatic N) is 1. The SMILES string of the molecule is CCOC(=O)CSCc1csc(COc2ccc(Cl)cc2)n1. The Kier molecular flexibility index (Phi) is 7.02. The molecular weight excluding hydrogens is 342 g/mol. The number of hydrogen-bond donors (Lipinski definition) is 0. The summed E-state index contributed by atoms with van der Waals surface area (Å²) in [5.41, 5.74) is 0.953. The molecule has 0 fully saturated rings. The number of benzene rings is 1. The number of carbonyl (C=O) groups excluding carboxylic acids is 1. The summed E-state index contributed by atoms with van der Waals surface area (Å²) in [7, 11) is 0. The highest BCUT2D eigenvalue weighted by Crippen LogP contribution is 2.20. The number of esters is 1. The quantitative estimate of drug-likeness (QED) is 0.663. The Hall–Kier alpha value is -1.24. The first-order chi connectivity index (χ1) is 10.7. The highest BCUT2D eigenvalue weighted by Gasteiger charge is 2.06. The average molecular weight is 358 g/mol. The molecule has 0 saturated carbocycles. The van der Waals surface area contributed by atoms with Crippen molar-refractivity contribution in [1.29, 1.82) is 0 Å². The number of thioether (sulfide) groups is 1. The molecule has 7 heteroatoms. The summed E-state index contributed by atoms with van der Waals surface area (Å²) in [6.07, 6.45) is 0. The van der Waals surface area contributed by atoms with Crippen LogP contribution in [0.2, 0.25) is 5.02 Å². The van der Waals surface area contributed by atoms with Crippen molar-refractivity contribution >= 4 is 40.7 Å². The van der Waals surface area contributed by atoms with Gasteiger partial charge in [0.25, 0.3) is 0 Å². The summed E-state index contributed by atoms with van der Waals surface area (Å²) in [5, 5.41) is 3.57. The van der Waals surface area contributed by atoms with Crippen LogP contribution in [0.25, 0.3) is 0 Å². The highest BCUT2D eigenvalue weighted by atomic mass is 35.5. The Morgan fingerprint density at radius 2 is 2.14 bits per heavy atom. The fraction of sp³-hybridized carbons (Fsp3) is 0.333. The summed E-state index contributed by atoms with van der Waals surface area (Å²) < 4.78 is 10.5. The predicted molar refractivity (Wildman–Crippen MR) is 90.7 cm³/mol. The fourth-order valence-corrected chi connectivity index (χ4v) is 3.24. The molecular formula is C15H16ClNO3S2. The van der Waals surface area contributed by atoms with Gasteiger partial charge < -0.3 is 9.47 Å². The first-order valence-electron chi connectivity index (χ1n) is 6.72. The van der Waals surface area contributed by atoms with Crippen molar-refractivity contribution in [2.45, 2.75) is 19.3 Å². The Balaban J connectivity index is 1.74. The van der Waals surface area contributed by atoms with E-state index in [1.165, 1.54) is 11.8 Å². The Morgan fingerprint density at radius 3 is 2.86 bits per heavy atom. The molecule has 0 amide bonds. The Morgan fingerprint density at radius 1 is 1.36 bits per heavy atom. The molecule has 0 atom stereocenters. The molecule has 0 saturated heterocycles. The number of halogens is 1. The van der Waals surface area contributed by atoms with Gasteiger partial charge in [-0.2, -0.15) is 0 Å². The van der Waals surface area contributed by atoms with Gasteiger partial charge in [0.05, 0.1) is 18.1 Å². The smallest absolute Gasteiger partial charge is 0.315 e. The number of ether oxygens (including phenoxy) is 2. The van der Waals surface area contributed by atoms with Crippen molar-refractivity contribution in [3.8, 4) is 5.75 Å². The number of carbonyl (C=O) groups is 1. The van der Waals surface area contributed by atoms with Crippen LogP contribution in [-0.2, 0) is 21.9 Å². The maximum absolute atomic E-state index is 11.2. The molecule has 0 bridgehead atoms. The lowest BCUT2D eigenvalue weighted by Crippen LogP contribution is -2.06. The molecule has 118 valence electrons. The minimum absolute atomic E-state index is 0.186. The van der Waals surface area contributed by atoms with E-state index in [0.29, 0.717) is 29.7 Å². The van der Waals surface area contributed by atoms with Gasteiger partial charge in [-0.1, -0.05) is 11.6 Å². The van der Waals surface area contributed by atoms with E-state index in [4.69, 9.17) is 21.1 Å². The van der Waals surface area contributed by atoms with Crippen LogP contribution in [0.15, 0.2) is 29.6 Å². The number of rotatable bonds is 8. The van der Waals surface area contributed by atoms with Crippen molar-refractivity contribution in [1.82, 2.24) is 4.98 Å². The Labute approximate surface area is 142 Å². The van der Waals surface area contributed by atoms with Crippen molar-refractivity contribution in [3.05, 3.63) is 45.4 Å². The van der Waals surface area contributed by atoms with Crippen LogP contribution >= 0.6 is 34.7 Å². The van der Waals surface area contributed by atoms with Crippen LogP contribution in [0.1, 0.15) is 17.6 Å². The second-order valence-corrected chi connectivity index (χ2v) is 6.64. The molecule has 22 heavy (non-hydrogen) atoms. The van der Waals surface area contributed by atoms with Crippen molar-refractivity contribution < 1.29 is 14.3 Å². The third-order valence-corrected chi connectivity index (χ3v) is 4.61. The van der Waals surface area contributed by atoms with E-state index >= 15 is 0 Å². The second kappa shape index (κ2) is 9.02. The molecule has 1 heterocycles. The van der Waals surface area contributed by atoms with E-state index in [-0.39, 0.29) is 5.97 Å². The minimum atomic E-state index is -0.186. The molecule has 1 aromatic carbocycles. The van der Waals surface area contributed by atoms with Gasteiger partial charge in [-0.15, -0.1) is 23.1 Å². The zero-order chi connectivity index (χ0) is 15.8.